The number of hydrogen-bond acceptors (Lipinski definition) is 4. The van der Waals surface area contributed by atoms with Gasteiger partial charge in [-0.25, -0.2) is 9.78 Å². The van der Waals surface area contributed by atoms with Crippen molar-refractivity contribution in [3.05, 3.63) is 35.3 Å². The summed E-state index contributed by atoms with van der Waals surface area (Å²) in [5.74, 6) is -0.405. The normalized spacial score (nSPS) is 13.3. The number of carbonyl (C=O) groups is 1. The summed E-state index contributed by atoms with van der Waals surface area (Å²) in [6.07, 6.45) is 5.97. The summed E-state index contributed by atoms with van der Waals surface area (Å²) in [7, 11) is 1.76. The molecule has 0 radical (unpaired) electrons. The van der Waals surface area contributed by atoms with Crippen LogP contribution < -0.4 is 4.74 Å². The molecule has 0 unspecified atom stereocenters. The Bertz CT molecular complexity index is 649. The summed E-state index contributed by atoms with van der Waals surface area (Å²) in [5, 5.41) is 13.2. The van der Waals surface area contributed by atoms with Crippen molar-refractivity contribution in [1.82, 2.24) is 14.8 Å². The predicted octanol–water partition coefficient (Wildman–Crippen LogP) is 1.79. The molecule has 0 saturated carbocycles. The van der Waals surface area contributed by atoms with E-state index in [1.807, 2.05) is 0 Å². The zero-order valence-corrected chi connectivity index (χ0v) is 10.5. The average molecular weight is 259 g/mol. The summed E-state index contributed by atoms with van der Waals surface area (Å²) >= 11 is 0. The molecule has 3 rings (SSSR count). The van der Waals surface area contributed by atoms with E-state index in [1.165, 1.54) is 6.20 Å². The second kappa shape index (κ2) is 4.38. The fourth-order valence-electron chi connectivity index (χ4n) is 2.25. The second-order valence-electron chi connectivity index (χ2n) is 4.56. The largest absolute Gasteiger partial charge is 0.477 e. The number of nitrogens with zero attached hydrogens (tertiary/aromatic N) is 3. The molecule has 0 spiro atoms. The van der Waals surface area contributed by atoms with E-state index in [0.29, 0.717) is 5.75 Å². The van der Waals surface area contributed by atoms with Crippen molar-refractivity contribution in [2.75, 3.05) is 0 Å². The van der Waals surface area contributed by atoms with Crippen LogP contribution in [-0.2, 0) is 19.9 Å². The van der Waals surface area contributed by atoms with Gasteiger partial charge in [-0.1, -0.05) is 0 Å². The van der Waals surface area contributed by atoms with Crippen LogP contribution in [0, 0.1) is 0 Å². The zero-order chi connectivity index (χ0) is 13.4. The van der Waals surface area contributed by atoms with E-state index < -0.39 is 5.97 Å². The molecule has 1 aliphatic rings. The Morgan fingerprint density at radius 1 is 1.47 bits per heavy atom. The van der Waals surface area contributed by atoms with Gasteiger partial charge >= 0.3 is 5.97 Å². The number of aromatic nitrogens is 3. The first-order chi connectivity index (χ1) is 9.13. The monoisotopic (exact) mass is 259 g/mol. The Labute approximate surface area is 109 Å². The minimum absolute atomic E-state index is 0.101. The summed E-state index contributed by atoms with van der Waals surface area (Å²) in [6.45, 7) is 0. The average Bonchev–Trinajstić information content (AvgIpc) is 2.96. The highest BCUT2D eigenvalue weighted by Crippen LogP contribution is 2.29. The third-order valence-corrected chi connectivity index (χ3v) is 3.14. The lowest BCUT2D eigenvalue weighted by atomic mass is 10.1. The number of fused-ring (bicyclic) bond motifs is 1. The Morgan fingerprint density at radius 3 is 3.00 bits per heavy atom. The van der Waals surface area contributed by atoms with Gasteiger partial charge in [-0.3, -0.25) is 4.68 Å². The van der Waals surface area contributed by atoms with Crippen molar-refractivity contribution in [2.24, 2.45) is 7.05 Å². The van der Waals surface area contributed by atoms with Gasteiger partial charge in [-0.2, -0.15) is 5.10 Å². The van der Waals surface area contributed by atoms with E-state index >= 15 is 0 Å². The molecular weight excluding hydrogens is 246 g/mol. The number of ether oxygens (including phenoxy) is 1. The fraction of sp³-hybridized carbons (Fsp3) is 0.308. The van der Waals surface area contributed by atoms with E-state index in [9.17, 15) is 9.90 Å². The van der Waals surface area contributed by atoms with Gasteiger partial charge < -0.3 is 9.84 Å². The lowest BCUT2D eigenvalue weighted by Gasteiger charge is -2.08. The SMILES string of the molecule is Cn1cc(Oc2nc3c(cc2C(=O)O)CCC3)cn1. The molecule has 0 saturated heterocycles. The molecule has 0 atom stereocenters. The minimum atomic E-state index is -1.03. The lowest BCUT2D eigenvalue weighted by Crippen LogP contribution is -2.04. The van der Waals surface area contributed by atoms with Crippen LogP contribution in [0.1, 0.15) is 28.0 Å². The molecule has 0 amide bonds. The fourth-order valence-corrected chi connectivity index (χ4v) is 2.25. The van der Waals surface area contributed by atoms with Crippen molar-refractivity contribution < 1.29 is 14.6 Å². The van der Waals surface area contributed by atoms with Crippen molar-refractivity contribution in [3.63, 3.8) is 0 Å². The molecule has 0 aliphatic heterocycles. The maximum atomic E-state index is 11.3. The van der Waals surface area contributed by atoms with Crippen LogP contribution in [-0.4, -0.2) is 25.8 Å². The molecule has 1 aliphatic carbocycles. The molecular formula is C13H13N3O3. The molecule has 2 aromatic rings. The third kappa shape index (κ3) is 2.16. The van der Waals surface area contributed by atoms with Gasteiger partial charge in [0.25, 0.3) is 0 Å². The van der Waals surface area contributed by atoms with Gasteiger partial charge in [0.2, 0.25) is 5.88 Å². The highest BCUT2D eigenvalue weighted by atomic mass is 16.5. The van der Waals surface area contributed by atoms with Gasteiger partial charge in [0.15, 0.2) is 5.75 Å². The maximum absolute atomic E-state index is 11.3. The van der Waals surface area contributed by atoms with E-state index in [1.54, 1.807) is 24.0 Å². The van der Waals surface area contributed by atoms with Crippen LogP contribution in [0.2, 0.25) is 0 Å². The zero-order valence-electron chi connectivity index (χ0n) is 10.5. The van der Waals surface area contributed by atoms with Crippen molar-refractivity contribution in [2.45, 2.75) is 19.3 Å². The molecule has 6 nitrogen and oxygen atoms in total. The predicted molar refractivity (Wildman–Crippen MR) is 66.5 cm³/mol. The van der Waals surface area contributed by atoms with Gasteiger partial charge in [-0.05, 0) is 30.9 Å². The summed E-state index contributed by atoms with van der Waals surface area (Å²) in [6, 6.07) is 1.67. The minimum Gasteiger partial charge on any atom is -0.477 e. The number of carboxylic acid groups (broad SMARTS) is 1. The van der Waals surface area contributed by atoms with Crippen LogP contribution in [0.5, 0.6) is 11.6 Å². The Balaban J connectivity index is 2.01. The number of aromatic carboxylic acids is 1. The van der Waals surface area contributed by atoms with Gasteiger partial charge in [0, 0.05) is 12.7 Å². The molecule has 6 heteroatoms. The number of aryl methyl sites for hydroxylation is 3. The number of pyridine rings is 1. The van der Waals surface area contributed by atoms with E-state index in [-0.39, 0.29) is 11.4 Å². The standard InChI is InChI=1S/C13H13N3O3/c1-16-7-9(6-14-16)19-12-10(13(17)18)5-8-3-2-4-11(8)15-12/h5-7H,2-4H2,1H3,(H,17,18). The molecule has 98 valence electrons. The van der Waals surface area contributed by atoms with Crippen LogP contribution >= 0.6 is 0 Å². The molecule has 2 aromatic heterocycles. The summed E-state index contributed by atoms with van der Waals surface area (Å²) in [4.78, 5) is 15.6. The summed E-state index contributed by atoms with van der Waals surface area (Å²) < 4.78 is 7.13. The quantitative estimate of drug-likeness (QED) is 0.909. The molecule has 1 N–H and O–H groups in total. The topological polar surface area (TPSA) is 77.2 Å². The van der Waals surface area contributed by atoms with Crippen molar-refractivity contribution >= 4 is 5.97 Å². The Kier molecular flexibility index (Phi) is 2.70. The van der Waals surface area contributed by atoms with E-state index in [0.717, 1.165) is 30.5 Å². The van der Waals surface area contributed by atoms with Crippen molar-refractivity contribution in [3.8, 4) is 11.6 Å². The molecule has 0 fully saturated rings. The maximum Gasteiger partial charge on any atom is 0.341 e. The number of carboxylic acids is 1. The Morgan fingerprint density at radius 2 is 2.32 bits per heavy atom. The van der Waals surface area contributed by atoms with Crippen LogP contribution in [0.4, 0.5) is 0 Å². The van der Waals surface area contributed by atoms with Gasteiger partial charge in [-0.15, -0.1) is 0 Å². The lowest BCUT2D eigenvalue weighted by molar-refractivity contribution is 0.0693. The smallest absolute Gasteiger partial charge is 0.341 e. The molecule has 0 aromatic carbocycles. The van der Waals surface area contributed by atoms with Crippen LogP contribution in [0.3, 0.4) is 0 Å². The summed E-state index contributed by atoms with van der Waals surface area (Å²) in [5.41, 5.74) is 2.05. The van der Waals surface area contributed by atoms with Crippen LogP contribution in [0.15, 0.2) is 18.5 Å². The molecule has 2 heterocycles. The highest BCUT2D eigenvalue weighted by Gasteiger charge is 2.21. The van der Waals surface area contributed by atoms with Crippen LogP contribution in [0.25, 0.3) is 0 Å². The number of hydrogen-bond donors (Lipinski definition) is 1. The Hall–Kier alpha value is -2.37. The first kappa shape index (κ1) is 11.7. The first-order valence-corrected chi connectivity index (χ1v) is 6.06. The van der Waals surface area contributed by atoms with Gasteiger partial charge in [0.1, 0.15) is 5.56 Å². The van der Waals surface area contributed by atoms with E-state index in [4.69, 9.17) is 4.74 Å². The van der Waals surface area contributed by atoms with E-state index in [2.05, 4.69) is 10.1 Å². The first-order valence-electron chi connectivity index (χ1n) is 6.06. The van der Waals surface area contributed by atoms with Crippen molar-refractivity contribution in [1.29, 1.82) is 0 Å². The highest BCUT2D eigenvalue weighted by molar-refractivity contribution is 5.90. The molecule has 0 bridgehead atoms. The number of rotatable bonds is 3. The molecule has 19 heavy (non-hydrogen) atoms. The van der Waals surface area contributed by atoms with Gasteiger partial charge in [0.05, 0.1) is 12.4 Å². The second-order valence-corrected chi connectivity index (χ2v) is 4.56. The third-order valence-electron chi connectivity index (χ3n) is 3.14.